The summed E-state index contributed by atoms with van der Waals surface area (Å²) < 4.78 is 23.3. The maximum atomic E-state index is 10.7. The van der Waals surface area contributed by atoms with Crippen LogP contribution in [0.4, 0.5) is 5.82 Å². The molecule has 0 radical (unpaired) electrons. The van der Waals surface area contributed by atoms with E-state index in [1.165, 1.54) is 19.8 Å². The molecule has 25 heavy (non-hydrogen) atoms. The molecule has 4 unspecified atom stereocenters. The summed E-state index contributed by atoms with van der Waals surface area (Å²) in [5.74, 6) is 2.59. The Labute approximate surface area is 143 Å². The smallest absolute Gasteiger partial charge is 0.167 e. The van der Waals surface area contributed by atoms with Gasteiger partial charge in [0.25, 0.3) is 0 Å². The molecule has 0 bridgehead atoms. The van der Waals surface area contributed by atoms with Crippen molar-refractivity contribution in [2.75, 3.05) is 32.9 Å². The molecular formula is C15H19N5O5. The fraction of sp³-hybridized carbons (Fsp3) is 0.533. The Balaban J connectivity index is 1.81. The van der Waals surface area contributed by atoms with E-state index in [2.05, 4.69) is 20.9 Å². The van der Waals surface area contributed by atoms with Crippen molar-refractivity contribution in [1.82, 2.24) is 19.5 Å². The van der Waals surface area contributed by atoms with E-state index in [1.807, 2.05) is 0 Å². The number of fused-ring (bicyclic) bond motifs is 1. The number of hydrogen-bond donors (Lipinski definition) is 2. The van der Waals surface area contributed by atoms with E-state index >= 15 is 0 Å². The molecule has 3 N–H and O–H groups in total. The fourth-order valence-electron chi connectivity index (χ4n) is 2.74. The number of aromatic nitrogens is 4. The van der Waals surface area contributed by atoms with Crippen molar-refractivity contribution in [2.24, 2.45) is 0 Å². The third-order valence-electron chi connectivity index (χ3n) is 3.83. The zero-order valence-corrected chi connectivity index (χ0v) is 13.6. The Morgan fingerprint density at radius 2 is 2.28 bits per heavy atom. The molecule has 2 aromatic heterocycles. The number of anilines is 1. The zero-order chi connectivity index (χ0) is 17.8. The van der Waals surface area contributed by atoms with E-state index < -0.39 is 24.5 Å². The van der Waals surface area contributed by atoms with Gasteiger partial charge in [0.2, 0.25) is 0 Å². The molecule has 1 fully saturated rings. The van der Waals surface area contributed by atoms with Gasteiger partial charge in [-0.1, -0.05) is 5.92 Å². The predicted molar refractivity (Wildman–Crippen MR) is 86.1 cm³/mol. The molecule has 0 aromatic carbocycles. The molecule has 0 spiro atoms. The maximum absolute atomic E-state index is 10.7. The van der Waals surface area contributed by atoms with Crippen LogP contribution in [0.3, 0.4) is 0 Å². The quantitative estimate of drug-likeness (QED) is 0.379. The fourth-order valence-corrected chi connectivity index (χ4v) is 2.74. The van der Waals surface area contributed by atoms with E-state index in [1.54, 1.807) is 4.57 Å². The predicted octanol–water partition coefficient (Wildman–Crippen LogP) is -0.694. The average molecular weight is 349 g/mol. The van der Waals surface area contributed by atoms with Crippen LogP contribution in [-0.4, -0.2) is 70.1 Å². The second-order valence-electron chi connectivity index (χ2n) is 5.40. The molecule has 3 rings (SSSR count). The van der Waals surface area contributed by atoms with Gasteiger partial charge in [-0.25, -0.2) is 15.0 Å². The summed E-state index contributed by atoms with van der Waals surface area (Å²) in [5, 5.41) is 10.7. The molecule has 3 heterocycles. The standard InChI is InChI=1S/C15H19N5O5/c1-3-4-23-8-24-12-9(5-22-2)25-15(11(12)21)20-7-19-10-13(16)17-6-18-14(10)20/h1,6-7,9,11-12,15,21H,4-5,8H2,2H3,(H2,16,17,18). The summed E-state index contributed by atoms with van der Waals surface area (Å²) in [6, 6.07) is 0. The van der Waals surface area contributed by atoms with Crippen LogP contribution in [-0.2, 0) is 18.9 Å². The van der Waals surface area contributed by atoms with E-state index in [9.17, 15) is 5.11 Å². The minimum Gasteiger partial charge on any atom is -0.386 e. The second kappa shape index (κ2) is 7.73. The van der Waals surface area contributed by atoms with Crippen molar-refractivity contribution in [3.05, 3.63) is 12.7 Å². The monoisotopic (exact) mass is 349 g/mol. The molecule has 134 valence electrons. The first-order chi connectivity index (χ1) is 12.2. The lowest BCUT2D eigenvalue weighted by Gasteiger charge is -2.20. The number of aliphatic hydroxyl groups excluding tert-OH is 1. The van der Waals surface area contributed by atoms with E-state index in [4.69, 9.17) is 31.1 Å². The van der Waals surface area contributed by atoms with Crippen LogP contribution in [0.2, 0.25) is 0 Å². The zero-order valence-electron chi connectivity index (χ0n) is 13.6. The molecule has 2 aromatic rings. The topological polar surface area (TPSA) is 127 Å². The molecule has 0 saturated carbocycles. The summed E-state index contributed by atoms with van der Waals surface area (Å²) in [6.45, 7) is 0.281. The lowest BCUT2D eigenvalue weighted by Crippen LogP contribution is -2.37. The maximum Gasteiger partial charge on any atom is 0.167 e. The van der Waals surface area contributed by atoms with Gasteiger partial charge in [0, 0.05) is 7.11 Å². The second-order valence-corrected chi connectivity index (χ2v) is 5.40. The first-order valence-electron chi connectivity index (χ1n) is 7.55. The van der Waals surface area contributed by atoms with Crippen LogP contribution >= 0.6 is 0 Å². The summed E-state index contributed by atoms with van der Waals surface area (Å²) >= 11 is 0. The first kappa shape index (κ1) is 17.5. The van der Waals surface area contributed by atoms with Gasteiger partial charge in [0.05, 0.1) is 12.9 Å². The van der Waals surface area contributed by atoms with Crippen LogP contribution in [0.1, 0.15) is 6.23 Å². The number of rotatable bonds is 7. The molecule has 0 aliphatic carbocycles. The Morgan fingerprint density at radius 1 is 1.44 bits per heavy atom. The van der Waals surface area contributed by atoms with E-state index in [0.717, 1.165) is 0 Å². The number of terminal acetylenes is 1. The van der Waals surface area contributed by atoms with E-state index in [0.29, 0.717) is 11.2 Å². The third-order valence-corrected chi connectivity index (χ3v) is 3.83. The third kappa shape index (κ3) is 3.41. The van der Waals surface area contributed by atoms with Crippen LogP contribution in [0.5, 0.6) is 0 Å². The normalized spacial score (nSPS) is 26.1. The summed E-state index contributed by atoms with van der Waals surface area (Å²) in [6.07, 6.45) is 5.00. The van der Waals surface area contributed by atoms with Crippen LogP contribution in [0.25, 0.3) is 11.2 Å². The molecular weight excluding hydrogens is 330 g/mol. The van der Waals surface area contributed by atoms with Crippen molar-refractivity contribution in [1.29, 1.82) is 0 Å². The number of nitrogens with zero attached hydrogens (tertiary/aromatic N) is 4. The molecule has 0 amide bonds. The minimum absolute atomic E-state index is 0.0674. The highest BCUT2D eigenvalue weighted by Crippen LogP contribution is 2.33. The highest BCUT2D eigenvalue weighted by atomic mass is 16.7. The number of ether oxygens (including phenoxy) is 4. The SMILES string of the molecule is C#CCOCOC1C(COC)OC(n2cnc3c(N)ncnc32)C1O. The van der Waals surface area contributed by atoms with Gasteiger partial charge in [-0.3, -0.25) is 4.57 Å². The van der Waals surface area contributed by atoms with Gasteiger partial charge >= 0.3 is 0 Å². The Morgan fingerprint density at radius 3 is 3.04 bits per heavy atom. The highest BCUT2D eigenvalue weighted by molar-refractivity contribution is 5.81. The average Bonchev–Trinajstić information content (AvgIpc) is 3.15. The van der Waals surface area contributed by atoms with Gasteiger partial charge < -0.3 is 29.8 Å². The Hall–Kier alpha value is -2.29. The van der Waals surface area contributed by atoms with Gasteiger partial charge in [-0.05, 0) is 0 Å². The van der Waals surface area contributed by atoms with E-state index in [-0.39, 0.29) is 25.8 Å². The molecule has 1 aliphatic rings. The lowest BCUT2D eigenvalue weighted by atomic mass is 10.1. The summed E-state index contributed by atoms with van der Waals surface area (Å²) in [5.41, 5.74) is 6.68. The molecule has 10 heteroatoms. The number of imidazole rings is 1. The van der Waals surface area contributed by atoms with Crippen molar-refractivity contribution in [3.8, 4) is 12.3 Å². The number of nitrogen functional groups attached to an aromatic ring is 1. The first-order valence-corrected chi connectivity index (χ1v) is 7.55. The van der Waals surface area contributed by atoms with Crippen LogP contribution in [0.15, 0.2) is 12.7 Å². The molecule has 4 atom stereocenters. The van der Waals surface area contributed by atoms with Gasteiger partial charge in [0.15, 0.2) is 17.7 Å². The van der Waals surface area contributed by atoms with Crippen molar-refractivity contribution in [3.63, 3.8) is 0 Å². The summed E-state index contributed by atoms with van der Waals surface area (Å²) in [4.78, 5) is 12.2. The van der Waals surface area contributed by atoms with Crippen molar-refractivity contribution in [2.45, 2.75) is 24.5 Å². The number of nitrogens with two attached hydrogens (primary N) is 1. The Kier molecular flexibility index (Phi) is 5.42. The number of methoxy groups -OCH3 is 1. The minimum atomic E-state index is -0.997. The number of hydrogen-bond acceptors (Lipinski definition) is 9. The van der Waals surface area contributed by atoms with Gasteiger partial charge in [-0.2, -0.15) is 0 Å². The van der Waals surface area contributed by atoms with Crippen molar-refractivity contribution < 1.29 is 24.1 Å². The summed E-state index contributed by atoms with van der Waals surface area (Å²) in [7, 11) is 1.54. The van der Waals surface area contributed by atoms with Gasteiger partial charge in [-0.15, -0.1) is 6.42 Å². The largest absolute Gasteiger partial charge is 0.386 e. The van der Waals surface area contributed by atoms with Crippen molar-refractivity contribution >= 4 is 17.0 Å². The van der Waals surface area contributed by atoms with Crippen LogP contribution in [0, 0.1) is 12.3 Å². The molecule has 1 saturated heterocycles. The highest BCUT2D eigenvalue weighted by Gasteiger charge is 2.46. The Bertz CT molecular complexity index is 760. The number of aliphatic hydroxyl groups is 1. The van der Waals surface area contributed by atoms with Crippen LogP contribution < -0.4 is 5.73 Å². The lowest BCUT2D eigenvalue weighted by molar-refractivity contribution is -0.127. The molecule has 10 nitrogen and oxygen atoms in total. The van der Waals surface area contributed by atoms with Gasteiger partial charge in [0.1, 0.15) is 43.6 Å². The molecule has 1 aliphatic heterocycles.